The summed E-state index contributed by atoms with van der Waals surface area (Å²) >= 11 is 0. The summed E-state index contributed by atoms with van der Waals surface area (Å²) < 4.78 is 0. The highest BCUT2D eigenvalue weighted by molar-refractivity contribution is 5.92. The Bertz CT molecular complexity index is 333. The lowest BCUT2D eigenvalue weighted by molar-refractivity contribution is -0.115. The summed E-state index contributed by atoms with van der Waals surface area (Å²) in [5.41, 5.74) is 2.05. The Hall–Kier alpha value is -1.35. The molecule has 3 nitrogen and oxygen atoms in total. The van der Waals surface area contributed by atoms with Gasteiger partial charge >= 0.3 is 0 Å². The van der Waals surface area contributed by atoms with Crippen LogP contribution in [0.25, 0.3) is 0 Å². The molecule has 1 amide bonds. The van der Waals surface area contributed by atoms with Crippen molar-refractivity contribution in [2.75, 3.05) is 18.4 Å². The van der Waals surface area contributed by atoms with Crippen LogP contribution in [0, 0.1) is 6.92 Å². The maximum atomic E-state index is 11.6. The Labute approximate surface area is 104 Å². The van der Waals surface area contributed by atoms with E-state index in [9.17, 15) is 4.79 Å². The van der Waals surface area contributed by atoms with Gasteiger partial charge in [-0.3, -0.25) is 4.79 Å². The molecule has 0 radical (unpaired) electrons. The molecule has 0 unspecified atom stereocenters. The number of anilines is 1. The Morgan fingerprint density at radius 1 is 1.18 bits per heavy atom. The zero-order valence-electron chi connectivity index (χ0n) is 10.8. The summed E-state index contributed by atoms with van der Waals surface area (Å²) in [7, 11) is 0. The first-order valence-corrected chi connectivity index (χ1v) is 6.29. The van der Waals surface area contributed by atoms with Gasteiger partial charge in [0.15, 0.2) is 0 Å². The van der Waals surface area contributed by atoms with E-state index in [4.69, 9.17) is 0 Å². The molecule has 1 rings (SSSR count). The highest BCUT2D eigenvalue weighted by Crippen LogP contribution is 2.07. The molecule has 2 N–H and O–H groups in total. The monoisotopic (exact) mass is 234 g/mol. The minimum Gasteiger partial charge on any atom is -0.325 e. The fourth-order valence-electron chi connectivity index (χ4n) is 1.54. The molecule has 0 saturated carbocycles. The molecule has 1 aromatic carbocycles. The van der Waals surface area contributed by atoms with Crippen LogP contribution in [-0.4, -0.2) is 19.0 Å². The van der Waals surface area contributed by atoms with E-state index < -0.39 is 0 Å². The first-order chi connectivity index (χ1) is 8.22. The molecule has 0 bridgehead atoms. The van der Waals surface area contributed by atoms with Gasteiger partial charge in [-0.05, 0) is 32.0 Å². The lowest BCUT2D eigenvalue weighted by atomic mass is 10.2. The summed E-state index contributed by atoms with van der Waals surface area (Å²) in [5, 5.41) is 6.00. The predicted molar refractivity (Wildman–Crippen MR) is 72.2 cm³/mol. The highest BCUT2D eigenvalue weighted by Gasteiger charge is 2.00. The highest BCUT2D eigenvalue weighted by atomic mass is 16.1. The van der Waals surface area contributed by atoms with Crippen LogP contribution in [0.4, 0.5) is 5.69 Å². The van der Waals surface area contributed by atoms with Gasteiger partial charge in [0.2, 0.25) is 5.91 Å². The standard InChI is InChI=1S/C14H22N2O/c1-3-4-5-10-15-11-14(17)16-13-8-6-12(2)7-9-13/h6-9,15H,3-5,10-11H2,1-2H3,(H,16,17). The van der Waals surface area contributed by atoms with E-state index in [0.717, 1.165) is 18.7 Å². The number of benzene rings is 1. The maximum absolute atomic E-state index is 11.6. The van der Waals surface area contributed by atoms with E-state index in [1.165, 1.54) is 18.4 Å². The second-order valence-corrected chi connectivity index (χ2v) is 4.30. The van der Waals surface area contributed by atoms with Gasteiger partial charge in [0.1, 0.15) is 0 Å². The molecule has 0 heterocycles. The smallest absolute Gasteiger partial charge is 0.238 e. The molecule has 0 aliphatic carbocycles. The first kappa shape index (κ1) is 13.7. The van der Waals surface area contributed by atoms with Crippen molar-refractivity contribution in [1.29, 1.82) is 0 Å². The molecule has 94 valence electrons. The number of nitrogens with one attached hydrogen (secondary N) is 2. The molecular formula is C14H22N2O. The van der Waals surface area contributed by atoms with E-state index in [1.54, 1.807) is 0 Å². The van der Waals surface area contributed by atoms with E-state index in [0.29, 0.717) is 6.54 Å². The zero-order chi connectivity index (χ0) is 12.5. The van der Waals surface area contributed by atoms with E-state index in [1.807, 2.05) is 31.2 Å². The SMILES string of the molecule is CCCCCNCC(=O)Nc1ccc(C)cc1. The molecule has 0 atom stereocenters. The molecule has 17 heavy (non-hydrogen) atoms. The number of carbonyl (C=O) groups is 1. The van der Waals surface area contributed by atoms with Crippen LogP contribution < -0.4 is 10.6 Å². The summed E-state index contributed by atoms with van der Waals surface area (Å²) in [6.45, 7) is 5.50. The number of amides is 1. The van der Waals surface area contributed by atoms with Crippen LogP contribution in [0.15, 0.2) is 24.3 Å². The fourth-order valence-corrected chi connectivity index (χ4v) is 1.54. The molecule has 3 heteroatoms. The summed E-state index contributed by atoms with van der Waals surface area (Å²) in [4.78, 5) is 11.6. The normalized spacial score (nSPS) is 10.2. The average molecular weight is 234 g/mol. The molecule has 0 aliphatic heterocycles. The third-order valence-corrected chi connectivity index (χ3v) is 2.58. The van der Waals surface area contributed by atoms with Gasteiger partial charge in [-0.25, -0.2) is 0 Å². The van der Waals surface area contributed by atoms with Crippen LogP contribution in [0.3, 0.4) is 0 Å². The summed E-state index contributed by atoms with van der Waals surface area (Å²) in [6.07, 6.45) is 3.55. The van der Waals surface area contributed by atoms with Gasteiger partial charge in [-0.1, -0.05) is 37.5 Å². The number of hydrogen-bond acceptors (Lipinski definition) is 2. The number of aryl methyl sites for hydroxylation is 1. The lowest BCUT2D eigenvalue weighted by Crippen LogP contribution is -2.28. The molecular weight excluding hydrogens is 212 g/mol. The first-order valence-electron chi connectivity index (χ1n) is 6.29. The minimum absolute atomic E-state index is 0.0188. The predicted octanol–water partition coefficient (Wildman–Crippen LogP) is 2.71. The van der Waals surface area contributed by atoms with Crippen LogP contribution in [0.2, 0.25) is 0 Å². The quantitative estimate of drug-likeness (QED) is 0.712. The third kappa shape index (κ3) is 6.07. The van der Waals surface area contributed by atoms with Crippen molar-refractivity contribution >= 4 is 11.6 Å². The van der Waals surface area contributed by atoms with E-state index >= 15 is 0 Å². The second kappa shape index (κ2) is 7.85. The van der Waals surface area contributed by atoms with Crippen LogP contribution in [0.5, 0.6) is 0 Å². The fraction of sp³-hybridized carbons (Fsp3) is 0.500. The molecule has 0 fully saturated rings. The van der Waals surface area contributed by atoms with Crippen molar-refractivity contribution in [3.8, 4) is 0 Å². The Morgan fingerprint density at radius 2 is 1.88 bits per heavy atom. The third-order valence-electron chi connectivity index (χ3n) is 2.58. The van der Waals surface area contributed by atoms with Crippen molar-refractivity contribution in [2.24, 2.45) is 0 Å². The molecule has 1 aromatic rings. The van der Waals surface area contributed by atoms with Crippen molar-refractivity contribution in [3.05, 3.63) is 29.8 Å². The molecule has 0 saturated heterocycles. The van der Waals surface area contributed by atoms with Crippen molar-refractivity contribution < 1.29 is 4.79 Å². The second-order valence-electron chi connectivity index (χ2n) is 4.30. The lowest BCUT2D eigenvalue weighted by Gasteiger charge is -2.06. The summed E-state index contributed by atoms with van der Waals surface area (Å²) in [5.74, 6) is 0.0188. The minimum atomic E-state index is 0.0188. The van der Waals surface area contributed by atoms with Gasteiger partial charge in [0.05, 0.1) is 6.54 Å². The van der Waals surface area contributed by atoms with Crippen LogP contribution >= 0.6 is 0 Å². The Balaban J connectivity index is 2.18. The largest absolute Gasteiger partial charge is 0.325 e. The topological polar surface area (TPSA) is 41.1 Å². The molecule has 0 aromatic heterocycles. The van der Waals surface area contributed by atoms with Gasteiger partial charge in [-0.2, -0.15) is 0 Å². The van der Waals surface area contributed by atoms with Gasteiger partial charge in [0, 0.05) is 5.69 Å². The van der Waals surface area contributed by atoms with E-state index in [-0.39, 0.29) is 5.91 Å². The van der Waals surface area contributed by atoms with Gasteiger partial charge < -0.3 is 10.6 Å². The number of rotatable bonds is 7. The Kier molecular flexibility index (Phi) is 6.33. The van der Waals surface area contributed by atoms with Crippen molar-refractivity contribution in [1.82, 2.24) is 5.32 Å². The zero-order valence-corrected chi connectivity index (χ0v) is 10.8. The van der Waals surface area contributed by atoms with Gasteiger partial charge in [-0.15, -0.1) is 0 Å². The number of unbranched alkanes of at least 4 members (excludes halogenated alkanes) is 2. The van der Waals surface area contributed by atoms with Crippen molar-refractivity contribution in [2.45, 2.75) is 33.1 Å². The number of carbonyl (C=O) groups excluding carboxylic acids is 1. The Morgan fingerprint density at radius 3 is 2.53 bits per heavy atom. The van der Waals surface area contributed by atoms with Crippen molar-refractivity contribution in [3.63, 3.8) is 0 Å². The van der Waals surface area contributed by atoms with Crippen LogP contribution in [0.1, 0.15) is 31.7 Å². The molecule has 0 spiro atoms. The molecule has 0 aliphatic rings. The van der Waals surface area contributed by atoms with E-state index in [2.05, 4.69) is 17.6 Å². The summed E-state index contributed by atoms with van der Waals surface area (Å²) in [6, 6.07) is 7.82. The average Bonchev–Trinajstić information content (AvgIpc) is 2.32. The van der Waals surface area contributed by atoms with Gasteiger partial charge in [0.25, 0.3) is 0 Å². The van der Waals surface area contributed by atoms with Crippen LogP contribution in [-0.2, 0) is 4.79 Å². The number of hydrogen-bond donors (Lipinski definition) is 2. The maximum Gasteiger partial charge on any atom is 0.238 e.